The van der Waals surface area contributed by atoms with E-state index in [9.17, 15) is 4.79 Å². The molecule has 0 radical (unpaired) electrons. The maximum atomic E-state index is 12.1. The van der Waals surface area contributed by atoms with E-state index in [1.807, 2.05) is 25.7 Å². The molecule has 1 aliphatic heterocycles. The Kier molecular flexibility index (Phi) is 3.98. The van der Waals surface area contributed by atoms with Gasteiger partial charge in [-0.2, -0.15) is 0 Å². The number of hydrogen-bond donors (Lipinski definition) is 0. The number of ether oxygens (including phenoxy) is 1. The predicted octanol–water partition coefficient (Wildman–Crippen LogP) is 3.68. The molecule has 2 rings (SSSR count). The molecule has 19 heavy (non-hydrogen) atoms. The van der Waals surface area contributed by atoms with E-state index in [2.05, 4.69) is 20.9 Å². The molecule has 0 N–H and O–H groups in total. The minimum atomic E-state index is -1.88. The molecule has 0 bridgehead atoms. The van der Waals surface area contributed by atoms with Gasteiger partial charge in [-0.1, -0.05) is 0 Å². The normalized spacial score (nSPS) is 27.3. The zero-order chi connectivity index (χ0) is 14.4. The van der Waals surface area contributed by atoms with Gasteiger partial charge in [0, 0.05) is 0 Å². The zero-order valence-electron chi connectivity index (χ0n) is 13.1. The Bertz CT molecular complexity index is 403. The van der Waals surface area contributed by atoms with Crippen LogP contribution in [0.5, 0.6) is 0 Å². The molecule has 0 aromatic rings. The molecule has 1 amide bonds. The summed E-state index contributed by atoms with van der Waals surface area (Å²) in [4.78, 5) is 21.4. The second kappa shape index (κ2) is 4.97. The molecule has 0 aromatic carbocycles. The van der Waals surface area contributed by atoms with Gasteiger partial charge in [-0.25, -0.2) is 0 Å². The van der Waals surface area contributed by atoms with Crippen LogP contribution in [0.3, 0.4) is 0 Å². The van der Waals surface area contributed by atoms with Gasteiger partial charge in [0.25, 0.3) is 0 Å². The second-order valence-electron chi connectivity index (χ2n) is 7.96. The molecule has 108 valence electrons. The van der Waals surface area contributed by atoms with Gasteiger partial charge in [0.2, 0.25) is 0 Å². The summed E-state index contributed by atoms with van der Waals surface area (Å²) in [5.74, 6) is 1.23. The maximum absolute atomic E-state index is 12.1. The van der Waals surface area contributed by atoms with Crippen LogP contribution in [0.25, 0.3) is 0 Å². The Labute approximate surface area is 121 Å². The Balaban J connectivity index is 1.97. The molecule has 2 aliphatic rings. The quantitative estimate of drug-likeness (QED) is 0.658. The number of fused-ring (bicyclic) bond motifs is 1. The zero-order valence-corrected chi connectivity index (χ0v) is 16.0. The van der Waals surface area contributed by atoms with Gasteiger partial charge in [-0.3, -0.25) is 0 Å². The molecule has 0 spiro atoms. The van der Waals surface area contributed by atoms with Crippen molar-refractivity contribution in [2.24, 2.45) is 11.8 Å². The van der Waals surface area contributed by atoms with Crippen molar-refractivity contribution in [2.45, 2.75) is 47.6 Å². The summed E-state index contributed by atoms with van der Waals surface area (Å²) in [6.45, 7) is 7.50. The number of nitrogens with zero attached hydrogens (tertiary/aromatic N) is 1. The number of rotatable bonds is 1. The summed E-state index contributed by atoms with van der Waals surface area (Å²) in [5.41, 5.74) is -0.391. The van der Waals surface area contributed by atoms with Crippen LogP contribution in [0.1, 0.15) is 27.2 Å². The summed E-state index contributed by atoms with van der Waals surface area (Å²) in [5, 5.41) is 0. The summed E-state index contributed by atoms with van der Waals surface area (Å²) >= 11 is -1.88. The average Bonchev–Trinajstić information content (AvgIpc) is 2.68. The molecule has 4 heteroatoms. The molecule has 1 saturated heterocycles. The topological polar surface area (TPSA) is 29.5 Å². The molecule has 0 unspecified atom stereocenters. The van der Waals surface area contributed by atoms with Crippen LogP contribution < -0.4 is 0 Å². The van der Waals surface area contributed by atoms with Crippen molar-refractivity contribution in [3.63, 3.8) is 0 Å². The number of hydrogen-bond acceptors (Lipinski definition) is 2. The summed E-state index contributed by atoms with van der Waals surface area (Å²) in [7, 11) is 0. The Morgan fingerprint density at radius 3 is 2.42 bits per heavy atom. The molecule has 1 fully saturated rings. The molecule has 1 heterocycles. The third kappa shape index (κ3) is 3.67. The van der Waals surface area contributed by atoms with Gasteiger partial charge in [-0.05, 0) is 0 Å². The number of carbonyl (C=O) groups is 1. The monoisotopic (exact) mass is 373 g/mol. The second-order valence-corrected chi connectivity index (χ2v) is 22.6. The van der Waals surface area contributed by atoms with Crippen molar-refractivity contribution < 1.29 is 9.53 Å². The average molecular weight is 372 g/mol. The number of likely N-dealkylation sites (tertiary alicyclic amines) is 1. The number of amides is 1. The molecular weight excluding hydrogens is 345 g/mol. The van der Waals surface area contributed by atoms with E-state index in [1.54, 1.807) is 3.59 Å². The van der Waals surface area contributed by atoms with Crippen LogP contribution in [-0.2, 0) is 4.74 Å². The van der Waals surface area contributed by atoms with Crippen LogP contribution in [0, 0.1) is 11.8 Å². The fourth-order valence-corrected chi connectivity index (χ4v) is 7.48. The first kappa shape index (κ1) is 15.2. The van der Waals surface area contributed by atoms with E-state index >= 15 is 0 Å². The van der Waals surface area contributed by atoms with E-state index in [4.69, 9.17) is 4.74 Å². The molecule has 1 aliphatic carbocycles. The van der Waals surface area contributed by atoms with Crippen LogP contribution in [-0.4, -0.2) is 48.1 Å². The first-order chi connectivity index (χ1) is 8.56. The van der Waals surface area contributed by atoms with E-state index in [-0.39, 0.29) is 6.09 Å². The van der Waals surface area contributed by atoms with E-state index < -0.39 is 24.0 Å². The summed E-state index contributed by atoms with van der Waals surface area (Å²) in [6.07, 6.45) is 3.57. The van der Waals surface area contributed by atoms with Crippen molar-refractivity contribution in [3.05, 3.63) is 9.67 Å². The summed E-state index contributed by atoms with van der Waals surface area (Å²) < 4.78 is 7.22. The van der Waals surface area contributed by atoms with Crippen LogP contribution in [0.2, 0.25) is 14.8 Å². The fraction of sp³-hybridized carbons (Fsp3) is 0.800. The van der Waals surface area contributed by atoms with E-state index in [0.717, 1.165) is 13.1 Å². The molecule has 3 nitrogen and oxygen atoms in total. The Morgan fingerprint density at radius 2 is 1.95 bits per heavy atom. The van der Waals surface area contributed by atoms with Crippen molar-refractivity contribution in [3.8, 4) is 0 Å². The standard InChI is InChI=1S/C12H18NO2.3CH3.Sn/c1-12(2,3)15-11(14)13-7-9-5-4-6-10(9)8-13;;;;/h5,9-10H,6-8H2,1-3H3;3*1H3;/t9-,10+;;;;/m1..../s1. The SMILES string of the molecule is CC(C)(C)OC(=O)N1C[C@@H]2C[C]([Sn]([CH3])([CH3])[CH3])=C[C@@H]2C1. The fourth-order valence-electron chi connectivity index (χ4n) is 2.94. The van der Waals surface area contributed by atoms with Gasteiger partial charge in [0.15, 0.2) is 0 Å². The molecule has 0 saturated carbocycles. The summed E-state index contributed by atoms with van der Waals surface area (Å²) in [6, 6.07) is 0. The van der Waals surface area contributed by atoms with Crippen LogP contribution in [0.15, 0.2) is 9.67 Å². The first-order valence-electron chi connectivity index (χ1n) is 7.25. The molecule has 2 atom stereocenters. The van der Waals surface area contributed by atoms with Gasteiger partial charge in [0.1, 0.15) is 0 Å². The Morgan fingerprint density at radius 1 is 1.32 bits per heavy atom. The minimum absolute atomic E-state index is 0.142. The third-order valence-electron chi connectivity index (χ3n) is 4.00. The van der Waals surface area contributed by atoms with Gasteiger partial charge >= 0.3 is 121 Å². The molecule has 0 aromatic heterocycles. The van der Waals surface area contributed by atoms with Crippen LogP contribution >= 0.6 is 0 Å². The third-order valence-corrected chi connectivity index (χ3v) is 10.6. The van der Waals surface area contributed by atoms with E-state index in [0.29, 0.717) is 11.8 Å². The first-order valence-corrected chi connectivity index (χ1v) is 17.2. The van der Waals surface area contributed by atoms with Crippen molar-refractivity contribution in [1.82, 2.24) is 4.90 Å². The number of allylic oxidation sites excluding steroid dienone is 1. The Hall–Kier alpha value is -0.191. The van der Waals surface area contributed by atoms with Crippen molar-refractivity contribution in [1.29, 1.82) is 0 Å². The van der Waals surface area contributed by atoms with Crippen molar-refractivity contribution in [2.75, 3.05) is 13.1 Å². The van der Waals surface area contributed by atoms with Gasteiger partial charge < -0.3 is 0 Å². The number of carbonyl (C=O) groups excluding carboxylic acids is 1. The van der Waals surface area contributed by atoms with Gasteiger partial charge in [-0.15, -0.1) is 0 Å². The van der Waals surface area contributed by atoms with Crippen LogP contribution in [0.4, 0.5) is 4.79 Å². The van der Waals surface area contributed by atoms with Crippen molar-refractivity contribution >= 4 is 24.5 Å². The molecular formula is C15H27NO2Sn. The predicted molar refractivity (Wildman–Crippen MR) is 80.8 cm³/mol. The van der Waals surface area contributed by atoms with Gasteiger partial charge in [0.05, 0.1) is 0 Å². The van der Waals surface area contributed by atoms with E-state index in [1.165, 1.54) is 6.42 Å².